The van der Waals surface area contributed by atoms with Gasteiger partial charge in [-0.2, -0.15) is 16.8 Å². The van der Waals surface area contributed by atoms with Crippen LogP contribution in [0.3, 0.4) is 0 Å². The second kappa shape index (κ2) is 33.6. The number of rotatable bonds is 32. The highest BCUT2D eigenvalue weighted by atomic mass is 32.3. The Bertz CT molecular complexity index is 730. The predicted octanol–water partition coefficient (Wildman–Crippen LogP) is 8.27. The third kappa shape index (κ3) is 46.6. The SMILES string of the molecule is CCCCCCCCCCCCCCOCCOS(=O)(=O)O.CCCCCCCCCCCCOCCOS(=O)(=O)O. The lowest BCUT2D eigenvalue weighted by molar-refractivity contribution is 0.0945. The van der Waals surface area contributed by atoms with Crippen LogP contribution in [0.5, 0.6) is 0 Å². The summed E-state index contributed by atoms with van der Waals surface area (Å²) >= 11 is 0. The van der Waals surface area contributed by atoms with E-state index in [0.717, 1.165) is 25.7 Å². The van der Waals surface area contributed by atoms with Gasteiger partial charge in [-0.25, -0.2) is 8.37 Å². The molecule has 256 valence electrons. The zero-order chi connectivity index (χ0) is 31.6. The van der Waals surface area contributed by atoms with Gasteiger partial charge in [-0.1, -0.05) is 142 Å². The van der Waals surface area contributed by atoms with Crippen molar-refractivity contribution in [2.24, 2.45) is 0 Å². The first-order chi connectivity index (χ1) is 20.1. The first kappa shape index (κ1) is 43.8. The number of hydrogen-bond acceptors (Lipinski definition) is 8. The highest BCUT2D eigenvalue weighted by Crippen LogP contribution is 2.12. The molecule has 0 aliphatic carbocycles. The Kier molecular flexibility index (Phi) is 35.0. The molecule has 0 heterocycles. The number of hydrogen-bond donors (Lipinski definition) is 2. The summed E-state index contributed by atoms with van der Waals surface area (Å²) in [5, 5.41) is 0. The highest BCUT2D eigenvalue weighted by molar-refractivity contribution is 7.81. The molecule has 0 amide bonds. The third-order valence-electron chi connectivity index (χ3n) is 6.70. The molecule has 0 spiro atoms. The van der Waals surface area contributed by atoms with Crippen molar-refractivity contribution in [3.63, 3.8) is 0 Å². The van der Waals surface area contributed by atoms with Crippen molar-refractivity contribution in [2.75, 3.05) is 39.6 Å². The summed E-state index contributed by atoms with van der Waals surface area (Å²) in [7, 11) is -8.64. The minimum Gasteiger partial charge on any atom is -0.379 e. The molecule has 0 aliphatic heterocycles. The average Bonchev–Trinajstić information content (AvgIpc) is 2.92. The van der Waals surface area contributed by atoms with Gasteiger partial charge in [0.25, 0.3) is 0 Å². The maximum atomic E-state index is 10.3. The van der Waals surface area contributed by atoms with Gasteiger partial charge < -0.3 is 9.47 Å². The molecule has 42 heavy (non-hydrogen) atoms. The fourth-order valence-electron chi connectivity index (χ4n) is 4.34. The normalized spacial score (nSPS) is 11.9. The lowest BCUT2D eigenvalue weighted by atomic mass is 10.1. The molecule has 10 nitrogen and oxygen atoms in total. The minimum absolute atomic E-state index is 0.128. The van der Waals surface area contributed by atoms with Crippen molar-refractivity contribution in [1.29, 1.82) is 0 Å². The van der Waals surface area contributed by atoms with Crippen LogP contribution in [0, 0.1) is 0 Å². The van der Waals surface area contributed by atoms with Gasteiger partial charge in [-0.15, -0.1) is 0 Å². The lowest BCUT2D eigenvalue weighted by Gasteiger charge is -2.04. The zero-order valence-corrected chi connectivity index (χ0v) is 28.4. The molecule has 0 saturated carbocycles. The van der Waals surface area contributed by atoms with Crippen LogP contribution in [0.4, 0.5) is 0 Å². The molecule has 0 aromatic rings. The predicted molar refractivity (Wildman–Crippen MR) is 170 cm³/mol. The summed E-state index contributed by atoms with van der Waals surface area (Å²) in [6.45, 7) is 5.84. The van der Waals surface area contributed by atoms with Gasteiger partial charge in [0.15, 0.2) is 0 Å². The Morgan fingerprint density at radius 1 is 0.357 bits per heavy atom. The molecule has 12 heteroatoms. The Hall–Kier alpha value is -0.340. The van der Waals surface area contributed by atoms with Gasteiger partial charge >= 0.3 is 20.8 Å². The Morgan fingerprint density at radius 3 is 0.833 bits per heavy atom. The maximum Gasteiger partial charge on any atom is 0.397 e. The van der Waals surface area contributed by atoms with Gasteiger partial charge in [-0.3, -0.25) is 9.11 Å². The summed E-state index contributed by atoms with van der Waals surface area (Å²) in [6, 6.07) is 0. The van der Waals surface area contributed by atoms with Gasteiger partial charge in [0.2, 0.25) is 0 Å². The van der Waals surface area contributed by atoms with Crippen LogP contribution in [-0.2, 0) is 38.6 Å². The monoisotopic (exact) mass is 648 g/mol. The van der Waals surface area contributed by atoms with Crippen molar-refractivity contribution < 1.29 is 43.8 Å². The van der Waals surface area contributed by atoms with E-state index in [1.54, 1.807) is 0 Å². The van der Waals surface area contributed by atoms with Crippen LogP contribution in [-0.4, -0.2) is 65.6 Å². The standard InChI is InChI=1S/C16H34O5S.C14H30O5S/c1-2-3-4-5-6-7-8-9-10-11-12-13-14-20-15-16-21-22(17,18)19;1-2-3-4-5-6-7-8-9-10-11-12-18-13-14-19-20(15,16)17/h2-16H2,1H3,(H,17,18,19);2-14H2,1H3,(H,15,16,17). The molecule has 0 saturated heterocycles. The maximum absolute atomic E-state index is 10.3. The second-order valence-electron chi connectivity index (χ2n) is 10.8. The Morgan fingerprint density at radius 2 is 0.595 bits per heavy atom. The van der Waals surface area contributed by atoms with E-state index < -0.39 is 20.8 Å². The summed E-state index contributed by atoms with van der Waals surface area (Å²) < 4.78 is 76.3. The quantitative estimate of drug-likeness (QED) is 0.0540. The van der Waals surface area contributed by atoms with Crippen LogP contribution >= 0.6 is 0 Å². The summed E-state index contributed by atoms with van der Waals surface area (Å²) in [5.74, 6) is 0. The lowest BCUT2D eigenvalue weighted by Crippen LogP contribution is -2.10. The number of unbranched alkanes of at least 4 members (excludes halogenated alkanes) is 20. The van der Waals surface area contributed by atoms with Crippen molar-refractivity contribution in [2.45, 2.75) is 155 Å². The summed E-state index contributed by atoms with van der Waals surface area (Å²) in [5.41, 5.74) is 0. The topological polar surface area (TPSA) is 146 Å². The van der Waals surface area contributed by atoms with E-state index >= 15 is 0 Å². The van der Waals surface area contributed by atoms with E-state index in [2.05, 4.69) is 22.2 Å². The molecule has 0 bridgehead atoms. The second-order valence-corrected chi connectivity index (χ2v) is 13.0. The largest absolute Gasteiger partial charge is 0.397 e. The Labute approximate surface area is 258 Å². The van der Waals surface area contributed by atoms with Crippen molar-refractivity contribution in [1.82, 2.24) is 0 Å². The number of ether oxygens (including phenoxy) is 2. The third-order valence-corrected chi connectivity index (χ3v) is 7.63. The molecule has 2 N–H and O–H groups in total. The van der Waals surface area contributed by atoms with E-state index in [0.29, 0.717) is 13.2 Å². The van der Waals surface area contributed by atoms with Crippen LogP contribution in [0.2, 0.25) is 0 Å². The molecule has 0 aromatic carbocycles. The molecule has 0 aromatic heterocycles. The first-order valence-corrected chi connectivity index (χ1v) is 19.2. The fourth-order valence-corrected chi connectivity index (χ4v) is 4.89. The molecule has 0 radical (unpaired) electrons. The van der Waals surface area contributed by atoms with E-state index in [1.165, 1.54) is 116 Å². The van der Waals surface area contributed by atoms with Gasteiger partial charge in [0.1, 0.15) is 0 Å². The van der Waals surface area contributed by atoms with E-state index in [9.17, 15) is 16.8 Å². The highest BCUT2D eigenvalue weighted by Gasteiger charge is 2.03. The van der Waals surface area contributed by atoms with E-state index in [1.807, 2.05) is 0 Å². The van der Waals surface area contributed by atoms with Crippen LogP contribution in [0.15, 0.2) is 0 Å². The van der Waals surface area contributed by atoms with Crippen LogP contribution in [0.25, 0.3) is 0 Å². The average molecular weight is 649 g/mol. The van der Waals surface area contributed by atoms with E-state index in [4.69, 9.17) is 18.6 Å². The molecule has 0 unspecified atom stereocenters. The molecular weight excluding hydrogens is 584 g/mol. The van der Waals surface area contributed by atoms with Crippen molar-refractivity contribution in [3.8, 4) is 0 Å². The molecule has 0 fully saturated rings. The van der Waals surface area contributed by atoms with Gasteiger partial charge in [0.05, 0.1) is 26.4 Å². The molecular formula is C30H64O10S2. The Balaban J connectivity index is 0. The summed E-state index contributed by atoms with van der Waals surface area (Å²) in [4.78, 5) is 0. The minimum atomic E-state index is -4.32. The summed E-state index contributed by atoms with van der Waals surface area (Å²) in [6.07, 6.45) is 28.3. The molecule has 0 aliphatic rings. The van der Waals surface area contributed by atoms with Crippen LogP contribution < -0.4 is 0 Å². The van der Waals surface area contributed by atoms with Crippen molar-refractivity contribution in [3.05, 3.63) is 0 Å². The van der Waals surface area contributed by atoms with E-state index in [-0.39, 0.29) is 26.4 Å². The van der Waals surface area contributed by atoms with Gasteiger partial charge in [0, 0.05) is 13.2 Å². The molecule has 0 atom stereocenters. The van der Waals surface area contributed by atoms with Gasteiger partial charge in [-0.05, 0) is 12.8 Å². The zero-order valence-electron chi connectivity index (χ0n) is 26.8. The first-order valence-electron chi connectivity index (χ1n) is 16.5. The van der Waals surface area contributed by atoms with Crippen LogP contribution in [0.1, 0.15) is 155 Å². The van der Waals surface area contributed by atoms with Crippen molar-refractivity contribution >= 4 is 20.8 Å². The smallest absolute Gasteiger partial charge is 0.379 e. The fraction of sp³-hybridized carbons (Fsp3) is 1.00. The molecule has 0 rings (SSSR count).